The molecule has 0 spiro atoms. The van der Waals surface area contributed by atoms with Crippen molar-refractivity contribution < 1.29 is 13.9 Å². The van der Waals surface area contributed by atoms with E-state index >= 15 is 0 Å². The van der Waals surface area contributed by atoms with Gasteiger partial charge in [-0.2, -0.15) is 0 Å². The third-order valence-electron chi connectivity index (χ3n) is 5.76. The minimum Gasteiger partial charge on any atom is -0.378 e. The molecule has 1 aliphatic rings. The zero-order valence-electron chi connectivity index (χ0n) is 17.2. The van der Waals surface area contributed by atoms with Crippen LogP contribution in [0, 0.1) is 5.82 Å². The smallest absolute Gasteiger partial charge is 0.253 e. The number of aromatic nitrogens is 3. The predicted molar refractivity (Wildman–Crippen MR) is 112 cm³/mol. The molecule has 1 aliphatic heterocycles. The molecule has 0 radical (unpaired) electrons. The Kier molecular flexibility index (Phi) is 6.06. The molecule has 158 valence electrons. The number of carbonyl (C=O) groups excluding carboxylic acids is 1. The van der Waals surface area contributed by atoms with Gasteiger partial charge in [0.25, 0.3) is 5.91 Å². The molecular weight excluding hydrogens is 385 g/mol. The monoisotopic (exact) mass is 411 g/mol. The third-order valence-corrected chi connectivity index (χ3v) is 5.76. The van der Waals surface area contributed by atoms with Crippen LogP contribution >= 0.6 is 0 Å². The summed E-state index contributed by atoms with van der Waals surface area (Å²) < 4.78 is 21.3. The molecule has 8 heteroatoms. The predicted octanol–water partition coefficient (Wildman–Crippen LogP) is 2.79. The molecule has 4 heterocycles. The largest absolute Gasteiger partial charge is 0.378 e. The lowest BCUT2D eigenvalue weighted by Crippen LogP contribution is -2.50. The number of carbonyl (C=O) groups is 1. The number of pyridine rings is 2. The molecule has 0 aromatic carbocycles. The van der Waals surface area contributed by atoms with Gasteiger partial charge in [-0.25, -0.2) is 14.4 Å². The van der Waals surface area contributed by atoms with Gasteiger partial charge in [0, 0.05) is 36.4 Å². The summed E-state index contributed by atoms with van der Waals surface area (Å²) >= 11 is 0. The van der Waals surface area contributed by atoms with Crippen molar-refractivity contribution in [3.63, 3.8) is 0 Å². The fraction of sp³-hybridized carbons (Fsp3) is 0.409. The molecule has 1 amide bonds. The van der Waals surface area contributed by atoms with E-state index in [9.17, 15) is 9.18 Å². The van der Waals surface area contributed by atoms with Gasteiger partial charge >= 0.3 is 0 Å². The van der Waals surface area contributed by atoms with E-state index in [1.807, 2.05) is 18.2 Å². The number of fused-ring (bicyclic) bond motifs is 1. The van der Waals surface area contributed by atoms with Crippen LogP contribution < -0.4 is 5.32 Å². The molecule has 30 heavy (non-hydrogen) atoms. The Morgan fingerprint density at radius 3 is 2.90 bits per heavy atom. The Hall–Kier alpha value is -2.84. The number of morpholine rings is 1. The Labute approximate surface area is 174 Å². The SMILES string of the molecule is CC[C@@H]1COC[C@@H](CCNC(=O)c2cn(-c3ccccn3)c3ncc(F)cc23)N1C. The normalized spacial score (nSPS) is 19.8. The van der Waals surface area contributed by atoms with Gasteiger partial charge in [0.15, 0.2) is 0 Å². The van der Waals surface area contributed by atoms with Gasteiger partial charge in [-0.1, -0.05) is 13.0 Å². The Bertz CT molecular complexity index is 1020. The Morgan fingerprint density at radius 1 is 1.30 bits per heavy atom. The number of hydrogen-bond donors (Lipinski definition) is 1. The second-order valence-corrected chi connectivity index (χ2v) is 7.59. The molecule has 1 N–H and O–H groups in total. The summed E-state index contributed by atoms with van der Waals surface area (Å²) in [6.07, 6.45) is 6.29. The first-order valence-corrected chi connectivity index (χ1v) is 10.2. The van der Waals surface area contributed by atoms with Gasteiger partial charge in [-0.05, 0) is 38.1 Å². The van der Waals surface area contributed by atoms with Crippen molar-refractivity contribution >= 4 is 16.9 Å². The summed E-state index contributed by atoms with van der Waals surface area (Å²) in [5, 5.41) is 3.43. The Morgan fingerprint density at radius 2 is 2.13 bits per heavy atom. The topological polar surface area (TPSA) is 72.3 Å². The van der Waals surface area contributed by atoms with Crippen LogP contribution in [0.5, 0.6) is 0 Å². The molecule has 0 saturated carbocycles. The first-order valence-electron chi connectivity index (χ1n) is 10.2. The van der Waals surface area contributed by atoms with Gasteiger partial charge in [-0.3, -0.25) is 14.3 Å². The quantitative estimate of drug-likeness (QED) is 0.675. The molecular formula is C22H26FN5O2. The van der Waals surface area contributed by atoms with Crippen molar-refractivity contribution in [1.29, 1.82) is 0 Å². The number of ether oxygens (including phenoxy) is 1. The summed E-state index contributed by atoms with van der Waals surface area (Å²) in [5.41, 5.74) is 0.869. The van der Waals surface area contributed by atoms with Crippen LogP contribution in [0.1, 0.15) is 30.1 Å². The highest BCUT2D eigenvalue weighted by Gasteiger charge is 2.27. The van der Waals surface area contributed by atoms with E-state index in [2.05, 4.69) is 34.2 Å². The van der Waals surface area contributed by atoms with Crippen LogP contribution in [0.25, 0.3) is 16.9 Å². The second-order valence-electron chi connectivity index (χ2n) is 7.59. The average molecular weight is 411 g/mol. The summed E-state index contributed by atoms with van der Waals surface area (Å²) in [6, 6.07) is 7.48. The highest BCUT2D eigenvalue weighted by Crippen LogP contribution is 2.23. The average Bonchev–Trinajstić information content (AvgIpc) is 3.14. The first-order chi connectivity index (χ1) is 14.6. The number of likely N-dealkylation sites (N-methyl/N-ethyl adjacent to an activating group) is 1. The number of amides is 1. The van der Waals surface area contributed by atoms with Crippen LogP contribution in [0.15, 0.2) is 42.9 Å². The van der Waals surface area contributed by atoms with E-state index < -0.39 is 5.82 Å². The number of rotatable bonds is 6. The first kappa shape index (κ1) is 20.4. The Balaban J connectivity index is 1.51. The molecule has 3 aromatic rings. The maximum atomic E-state index is 13.9. The van der Waals surface area contributed by atoms with Crippen LogP contribution in [-0.4, -0.2) is 64.2 Å². The highest BCUT2D eigenvalue weighted by molar-refractivity contribution is 6.06. The second kappa shape index (κ2) is 8.89. The van der Waals surface area contributed by atoms with Crippen molar-refractivity contribution in [2.24, 2.45) is 0 Å². The highest BCUT2D eigenvalue weighted by atomic mass is 19.1. The molecule has 7 nitrogen and oxygen atoms in total. The molecule has 1 fully saturated rings. The van der Waals surface area contributed by atoms with Crippen molar-refractivity contribution in [3.05, 3.63) is 54.2 Å². The van der Waals surface area contributed by atoms with Crippen molar-refractivity contribution in [2.45, 2.75) is 31.8 Å². The minimum absolute atomic E-state index is 0.256. The number of hydrogen-bond acceptors (Lipinski definition) is 5. The van der Waals surface area contributed by atoms with Gasteiger partial charge in [0.05, 0.1) is 25.0 Å². The lowest BCUT2D eigenvalue weighted by atomic mass is 10.1. The standard InChI is InChI=1S/C22H26FN5O2/c1-3-16-13-30-14-17(27(16)2)7-9-25-22(29)19-12-28(20-6-4-5-8-24-20)21-18(19)10-15(23)11-26-21/h4-6,8,10-12,16-17H,3,7,9,13-14H2,1-2H3,(H,25,29)/t16-,17-/m1/s1. The van der Waals surface area contributed by atoms with Crippen LogP contribution in [-0.2, 0) is 4.74 Å². The van der Waals surface area contributed by atoms with Crippen LogP contribution in [0.4, 0.5) is 4.39 Å². The molecule has 4 rings (SSSR count). The number of nitrogens with zero attached hydrogens (tertiary/aromatic N) is 4. The molecule has 3 aromatic heterocycles. The third kappa shape index (κ3) is 4.06. The van der Waals surface area contributed by atoms with Gasteiger partial charge < -0.3 is 10.1 Å². The maximum Gasteiger partial charge on any atom is 0.253 e. The van der Waals surface area contributed by atoms with Crippen molar-refractivity contribution in [3.8, 4) is 5.82 Å². The summed E-state index contributed by atoms with van der Waals surface area (Å²) in [6.45, 7) is 4.07. The zero-order chi connectivity index (χ0) is 21.1. The summed E-state index contributed by atoms with van der Waals surface area (Å²) in [7, 11) is 2.11. The van der Waals surface area contributed by atoms with Gasteiger partial charge in [-0.15, -0.1) is 0 Å². The molecule has 0 unspecified atom stereocenters. The van der Waals surface area contributed by atoms with E-state index in [1.54, 1.807) is 17.0 Å². The molecule has 0 aliphatic carbocycles. The lowest BCUT2D eigenvalue weighted by molar-refractivity contribution is -0.0389. The van der Waals surface area contributed by atoms with E-state index in [0.717, 1.165) is 25.6 Å². The van der Waals surface area contributed by atoms with Crippen molar-refractivity contribution in [2.75, 3.05) is 26.8 Å². The van der Waals surface area contributed by atoms with Crippen molar-refractivity contribution in [1.82, 2.24) is 24.8 Å². The number of halogens is 1. The van der Waals surface area contributed by atoms with E-state index in [0.29, 0.717) is 41.6 Å². The van der Waals surface area contributed by atoms with Crippen LogP contribution in [0.2, 0.25) is 0 Å². The lowest BCUT2D eigenvalue weighted by Gasteiger charge is -2.39. The van der Waals surface area contributed by atoms with E-state index in [-0.39, 0.29) is 11.9 Å². The summed E-state index contributed by atoms with van der Waals surface area (Å²) in [5.74, 6) is -0.123. The molecule has 0 bridgehead atoms. The fourth-order valence-electron chi connectivity index (χ4n) is 3.95. The van der Waals surface area contributed by atoms with Gasteiger partial charge in [0.2, 0.25) is 0 Å². The summed E-state index contributed by atoms with van der Waals surface area (Å²) in [4.78, 5) is 23.8. The van der Waals surface area contributed by atoms with E-state index in [4.69, 9.17) is 4.74 Å². The maximum absolute atomic E-state index is 13.9. The minimum atomic E-state index is -0.484. The number of nitrogens with one attached hydrogen (secondary N) is 1. The van der Waals surface area contributed by atoms with Gasteiger partial charge in [0.1, 0.15) is 17.3 Å². The van der Waals surface area contributed by atoms with Crippen LogP contribution in [0.3, 0.4) is 0 Å². The molecule has 2 atom stereocenters. The van der Waals surface area contributed by atoms with E-state index in [1.165, 1.54) is 6.07 Å². The molecule has 1 saturated heterocycles. The fourth-order valence-corrected chi connectivity index (χ4v) is 3.95. The zero-order valence-corrected chi connectivity index (χ0v) is 17.2.